The number of aryl methyl sites for hydroxylation is 2. The summed E-state index contributed by atoms with van der Waals surface area (Å²) in [6.07, 6.45) is 1.72. The van der Waals surface area contributed by atoms with Crippen molar-refractivity contribution in [3.05, 3.63) is 77.5 Å². The van der Waals surface area contributed by atoms with E-state index in [4.69, 9.17) is 0 Å². The zero-order valence-electron chi connectivity index (χ0n) is 18.9. The quantitative estimate of drug-likeness (QED) is 0.592. The first-order valence-corrected chi connectivity index (χ1v) is 10.7. The standard InChI is InChI=1S/C26H34N2O2/c1-7-21-13-15-23(16-14-21)26(30)28(25-12-10-9-11-22(25)8-2)17-24(20(6)29)27-19(5)18(3)4/h9-16,18,24,27H,5,7-8,17H2,1-4,6H3/t24-/m0/s1. The molecule has 0 spiro atoms. The van der Waals surface area contributed by atoms with Crippen LogP contribution in [0.5, 0.6) is 0 Å². The first kappa shape index (κ1) is 23.4. The Morgan fingerprint density at radius 1 is 1.00 bits per heavy atom. The third-order valence-corrected chi connectivity index (χ3v) is 5.43. The minimum absolute atomic E-state index is 0.0232. The van der Waals surface area contributed by atoms with Crippen LogP contribution in [0, 0.1) is 5.92 Å². The molecule has 0 bridgehead atoms. The zero-order chi connectivity index (χ0) is 22.3. The molecule has 1 atom stereocenters. The Bertz CT molecular complexity index is 884. The molecule has 0 aromatic heterocycles. The van der Waals surface area contributed by atoms with Crippen molar-refractivity contribution in [2.75, 3.05) is 11.4 Å². The molecule has 2 aromatic carbocycles. The number of benzene rings is 2. The smallest absolute Gasteiger partial charge is 0.258 e. The summed E-state index contributed by atoms with van der Waals surface area (Å²) in [7, 11) is 0. The summed E-state index contributed by atoms with van der Waals surface area (Å²) in [6.45, 7) is 14.0. The second-order valence-electron chi connectivity index (χ2n) is 7.94. The van der Waals surface area contributed by atoms with Crippen molar-refractivity contribution < 1.29 is 9.59 Å². The number of hydrogen-bond acceptors (Lipinski definition) is 3. The van der Waals surface area contributed by atoms with Gasteiger partial charge >= 0.3 is 0 Å². The van der Waals surface area contributed by atoms with Crippen LogP contribution in [0.25, 0.3) is 0 Å². The summed E-state index contributed by atoms with van der Waals surface area (Å²) in [5.74, 6) is 0.0622. The van der Waals surface area contributed by atoms with Gasteiger partial charge in [-0.25, -0.2) is 0 Å². The van der Waals surface area contributed by atoms with Crippen molar-refractivity contribution in [1.82, 2.24) is 5.32 Å². The van der Waals surface area contributed by atoms with E-state index in [-0.39, 0.29) is 24.2 Å². The van der Waals surface area contributed by atoms with E-state index in [0.29, 0.717) is 5.56 Å². The van der Waals surface area contributed by atoms with Crippen molar-refractivity contribution >= 4 is 17.4 Å². The van der Waals surface area contributed by atoms with Gasteiger partial charge in [-0.15, -0.1) is 0 Å². The second-order valence-corrected chi connectivity index (χ2v) is 7.94. The van der Waals surface area contributed by atoms with E-state index in [9.17, 15) is 9.59 Å². The molecule has 0 fully saturated rings. The fourth-order valence-electron chi connectivity index (χ4n) is 3.25. The van der Waals surface area contributed by atoms with E-state index in [1.165, 1.54) is 5.56 Å². The van der Waals surface area contributed by atoms with Crippen LogP contribution in [0.1, 0.15) is 56.1 Å². The lowest BCUT2D eigenvalue weighted by Crippen LogP contribution is -2.48. The summed E-state index contributed by atoms with van der Waals surface area (Å²) in [5, 5.41) is 3.24. The van der Waals surface area contributed by atoms with Crippen molar-refractivity contribution in [2.45, 2.75) is 53.5 Å². The number of allylic oxidation sites excluding steroid dienone is 1. The SMILES string of the molecule is C=C(N[C@@H](CN(C(=O)c1ccc(CC)cc1)c1ccccc1CC)C(C)=O)C(C)C. The average Bonchev–Trinajstić information content (AvgIpc) is 2.75. The predicted molar refractivity (Wildman–Crippen MR) is 125 cm³/mol. The minimum Gasteiger partial charge on any atom is -0.377 e. The lowest BCUT2D eigenvalue weighted by Gasteiger charge is -2.30. The molecular formula is C26H34N2O2. The summed E-state index contributed by atoms with van der Waals surface area (Å²) in [4.78, 5) is 27.7. The summed E-state index contributed by atoms with van der Waals surface area (Å²) >= 11 is 0. The number of ketones is 1. The first-order chi connectivity index (χ1) is 14.3. The van der Waals surface area contributed by atoms with E-state index in [1.807, 2.05) is 62.4 Å². The number of hydrogen-bond donors (Lipinski definition) is 1. The lowest BCUT2D eigenvalue weighted by atomic mass is 10.0. The molecule has 1 amide bonds. The Labute approximate surface area is 181 Å². The molecule has 2 aromatic rings. The number of carbonyl (C=O) groups is 2. The Balaban J connectivity index is 2.45. The Kier molecular flexibility index (Phi) is 8.40. The molecule has 0 aliphatic heterocycles. The van der Waals surface area contributed by atoms with Crippen LogP contribution >= 0.6 is 0 Å². The molecule has 0 heterocycles. The van der Waals surface area contributed by atoms with Gasteiger partial charge < -0.3 is 10.2 Å². The van der Waals surface area contributed by atoms with Crippen molar-refractivity contribution in [3.63, 3.8) is 0 Å². The predicted octanol–water partition coefficient (Wildman–Crippen LogP) is 5.18. The van der Waals surface area contributed by atoms with Crippen LogP contribution in [-0.2, 0) is 17.6 Å². The topological polar surface area (TPSA) is 49.4 Å². The molecule has 0 radical (unpaired) electrons. The highest BCUT2D eigenvalue weighted by Crippen LogP contribution is 2.24. The number of amides is 1. The fourth-order valence-corrected chi connectivity index (χ4v) is 3.25. The number of para-hydroxylation sites is 1. The van der Waals surface area contributed by atoms with Crippen LogP contribution in [0.15, 0.2) is 60.8 Å². The highest BCUT2D eigenvalue weighted by Gasteiger charge is 2.26. The van der Waals surface area contributed by atoms with Gasteiger partial charge in [0.15, 0.2) is 5.78 Å². The molecule has 0 aliphatic rings. The van der Waals surface area contributed by atoms with Gasteiger partial charge in [-0.1, -0.05) is 64.6 Å². The molecule has 0 unspecified atom stereocenters. The molecule has 1 N–H and O–H groups in total. The maximum absolute atomic E-state index is 13.6. The van der Waals surface area contributed by atoms with Gasteiger partial charge in [-0.2, -0.15) is 0 Å². The number of nitrogens with zero attached hydrogens (tertiary/aromatic N) is 1. The number of anilines is 1. The normalized spacial score (nSPS) is 11.8. The highest BCUT2D eigenvalue weighted by molar-refractivity contribution is 6.07. The minimum atomic E-state index is -0.524. The summed E-state index contributed by atoms with van der Waals surface area (Å²) < 4.78 is 0. The maximum Gasteiger partial charge on any atom is 0.258 e. The Morgan fingerprint density at radius 2 is 1.63 bits per heavy atom. The third kappa shape index (κ3) is 5.82. The van der Waals surface area contributed by atoms with Gasteiger partial charge in [-0.05, 0) is 55.0 Å². The number of carbonyl (C=O) groups excluding carboxylic acids is 2. The van der Waals surface area contributed by atoms with E-state index < -0.39 is 6.04 Å². The summed E-state index contributed by atoms with van der Waals surface area (Å²) in [5.41, 5.74) is 4.50. The average molecular weight is 407 g/mol. The van der Waals surface area contributed by atoms with Crippen molar-refractivity contribution in [2.24, 2.45) is 5.92 Å². The molecule has 0 saturated heterocycles. The molecule has 4 heteroatoms. The molecule has 0 aliphatic carbocycles. The maximum atomic E-state index is 13.6. The number of rotatable bonds is 10. The van der Waals surface area contributed by atoms with E-state index in [2.05, 4.69) is 25.7 Å². The molecule has 0 saturated carbocycles. The van der Waals surface area contributed by atoms with E-state index in [1.54, 1.807) is 11.8 Å². The fraction of sp³-hybridized carbons (Fsp3) is 0.385. The molecule has 2 rings (SSSR count). The van der Waals surface area contributed by atoms with Crippen molar-refractivity contribution in [1.29, 1.82) is 0 Å². The van der Waals surface area contributed by atoms with Gasteiger partial charge in [0, 0.05) is 16.9 Å². The largest absolute Gasteiger partial charge is 0.377 e. The van der Waals surface area contributed by atoms with Crippen LogP contribution in [0.2, 0.25) is 0 Å². The third-order valence-electron chi connectivity index (χ3n) is 5.43. The Morgan fingerprint density at radius 3 is 2.17 bits per heavy atom. The molecule has 160 valence electrons. The number of Topliss-reactive ketones (excluding diaryl/α,β-unsaturated/α-hetero) is 1. The van der Waals surface area contributed by atoms with E-state index >= 15 is 0 Å². The van der Waals surface area contributed by atoms with Gasteiger partial charge in [-0.3, -0.25) is 9.59 Å². The lowest BCUT2D eigenvalue weighted by molar-refractivity contribution is -0.118. The van der Waals surface area contributed by atoms with Crippen molar-refractivity contribution in [3.8, 4) is 0 Å². The first-order valence-electron chi connectivity index (χ1n) is 10.7. The van der Waals surface area contributed by atoms with Gasteiger partial charge in [0.2, 0.25) is 0 Å². The van der Waals surface area contributed by atoms with Gasteiger partial charge in [0.05, 0.1) is 6.54 Å². The molecule has 30 heavy (non-hydrogen) atoms. The van der Waals surface area contributed by atoms with Gasteiger partial charge in [0.1, 0.15) is 6.04 Å². The van der Waals surface area contributed by atoms with Crippen LogP contribution in [-0.4, -0.2) is 24.3 Å². The highest BCUT2D eigenvalue weighted by atomic mass is 16.2. The van der Waals surface area contributed by atoms with Crippen LogP contribution in [0.4, 0.5) is 5.69 Å². The van der Waals surface area contributed by atoms with E-state index in [0.717, 1.165) is 29.8 Å². The monoisotopic (exact) mass is 406 g/mol. The molecule has 4 nitrogen and oxygen atoms in total. The van der Waals surface area contributed by atoms with Gasteiger partial charge in [0.25, 0.3) is 5.91 Å². The van der Waals surface area contributed by atoms with Crippen LogP contribution in [0.3, 0.4) is 0 Å². The zero-order valence-corrected chi connectivity index (χ0v) is 18.9. The number of nitrogens with one attached hydrogen (secondary N) is 1. The second kappa shape index (κ2) is 10.8. The molecular weight excluding hydrogens is 372 g/mol. The van der Waals surface area contributed by atoms with Crippen LogP contribution < -0.4 is 10.2 Å². The Hall–Kier alpha value is -2.88. The summed E-state index contributed by atoms with van der Waals surface area (Å²) in [6, 6.07) is 15.1.